The van der Waals surface area contributed by atoms with Crippen LogP contribution in [0.2, 0.25) is 0 Å². The zero-order chi connectivity index (χ0) is 33.8. The topological polar surface area (TPSA) is 155 Å². The van der Waals surface area contributed by atoms with Gasteiger partial charge < -0.3 is 40.1 Å². The molecule has 1 aliphatic rings. The molecule has 44 heavy (non-hydrogen) atoms. The van der Waals surface area contributed by atoms with E-state index in [0.29, 0.717) is 13.0 Å². The molecule has 1 saturated heterocycles. The lowest BCUT2D eigenvalue weighted by molar-refractivity contribution is -0.145. The first-order valence-corrected chi connectivity index (χ1v) is 17.0. The minimum absolute atomic E-state index is 0.0839. The summed E-state index contributed by atoms with van der Waals surface area (Å²) < 4.78 is 11.4. The third kappa shape index (κ3) is 14.3. The van der Waals surface area contributed by atoms with E-state index in [1.165, 1.54) is 26.2 Å². The summed E-state index contributed by atoms with van der Waals surface area (Å²) in [5.41, 5.74) is 6.89. The molecular formula is C32H59N4O7P. The van der Waals surface area contributed by atoms with E-state index in [2.05, 4.69) is 38.2 Å². The van der Waals surface area contributed by atoms with Crippen LogP contribution >= 0.6 is 8.38 Å². The first kappa shape index (κ1) is 41.9. The van der Waals surface area contributed by atoms with Gasteiger partial charge >= 0.3 is 0 Å². The van der Waals surface area contributed by atoms with Gasteiger partial charge in [-0.3, -0.25) is 14.4 Å². The molecule has 0 aliphatic carbocycles. The highest BCUT2D eigenvalue weighted by Crippen LogP contribution is 2.29. The standard InChI is InChI=1S/C22H43N4O7P.C7H8.C3H8/c1-7-14(2)20(25(4)19(28)12-23)17(32-5)11-18(27)26-10-8-9-16(26)21(33-6)15(3)22(29)24-13-34(30)31;1-7-5-3-2-4-6-7;1-3-2/h14-17,20-21,30-31H,7-13,23H2,1-6H3,(H,24,29);2-6H,1H3;3H2,1-2H3. The normalized spacial score (nSPS) is 17.7. The number of aryl methyl sites for hydroxylation is 1. The number of ether oxygens (including phenoxy) is 2. The summed E-state index contributed by atoms with van der Waals surface area (Å²) >= 11 is 0. The average Bonchev–Trinajstić information content (AvgIpc) is 3.49. The van der Waals surface area contributed by atoms with Crippen molar-refractivity contribution < 1.29 is 33.6 Å². The average molecular weight is 643 g/mol. The number of nitrogens with two attached hydrogens (primary N) is 1. The minimum atomic E-state index is -2.23. The highest BCUT2D eigenvalue weighted by Gasteiger charge is 2.41. The monoisotopic (exact) mass is 642 g/mol. The SMILES string of the molecule is CCC.CCC(C)C(C(CC(=O)N1CCCC1C(OC)C(C)C(=O)NCP(O)O)OC)N(C)C(=O)CN.Cc1ccccc1. The lowest BCUT2D eigenvalue weighted by Crippen LogP contribution is -2.53. The number of methoxy groups -OCH3 is 2. The van der Waals surface area contributed by atoms with Crippen LogP contribution in [-0.4, -0.2) is 102 Å². The quantitative estimate of drug-likeness (QED) is 0.224. The van der Waals surface area contributed by atoms with Gasteiger partial charge in [-0.1, -0.05) is 83.4 Å². The van der Waals surface area contributed by atoms with Gasteiger partial charge in [-0.15, -0.1) is 0 Å². The highest BCUT2D eigenvalue weighted by molar-refractivity contribution is 7.45. The molecule has 11 nitrogen and oxygen atoms in total. The van der Waals surface area contributed by atoms with Crippen molar-refractivity contribution in [2.45, 2.75) is 97.9 Å². The smallest absolute Gasteiger partial charge is 0.236 e. The number of hydrogen-bond donors (Lipinski definition) is 4. The Hall–Kier alpha value is -2.14. The van der Waals surface area contributed by atoms with E-state index in [1.54, 1.807) is 23.8 Å². The summed E-state index contributed by atoms with van der Waals surface area (Å²) in [4.78, 5) is 59.7. The minimum Gasteiger partial charge on any atom is -0.379 e. The molecule has 0 saturated carbocycles. The number of nitrogens with zero attached hydrogens (tertiary/aromatic N) is 2. The van der Waals surface area contributed by atoms with Crippen molar-refractivity contribution in [2.75, 3.05) is 40.6 Å². The Morgan fingerprint density at radius 3 is 2.14 bits per heavy atom. The molecule has 1 aromatic rings. The van der Waals surface area contributed by atoms with Crippen molar-refractivity contribution in [2.24, 2.45) is 17.6 Å². The van der Waals surface area contributed by atoms with Crippen LogP contribution in [0.3, 0.4) is 0 Å². The third-order valence-electron chi connectivity index (χ3n) is 7.81. The number of likely N-dealkylation sites (tertiary alicyclic amines) is 1. The lowest BCUT2D eigenvalue weighted by atomic mass is 9.90. The molecule has 254 valence electrons. The molecule has 3 amide bonds. The number of carbonyl (C=O) groups excluding carboxylic acids is 3. The van der Waals surface area contributed by atoms with Gasteiger partial charge in [0.15, 0.2) is 8.38 Å². The number of benzene rings is 1. The van der Waals surface area contributed by atoms with Gasteiger partial charge in [0, 0.05) is 27.8 Å². The summed E-state index contributed by atoms with van der Waals surface area (Å²) in [7, 11) is 2.50. The second kappa shape index (κ2) is 23.2. The van der Waals surface area contributed by atoms with Crippen molar-refractivity contribution >= 4 is 26.1 Å². The number of rotatable bonds is 14. The van der Waals surface area contributed by atoms with Crippen LogP contribution in [0.1, 0.15) is 72.3 Å². The van der Waals surface area contributed by atoms with E-state index >= 15 is 0 Å². The number of nitrogens with one attached hydrogen (secondary N) is 1. The van der Waals surface area contributed by atoms with Crippen LogP contribution in [0.15, 0.2) is 30.3 Å². The molecule has 0 aromatic heterocycles. The van der Waals surface area contributed by atoms with Crippen LogP contribution < -0.4 is 11.1 Å². The van der Waals surface area contributed by atoms with E-state index in [4.69, 9.17) is 25.0 Å². The Morgan fingerprint density at radius 2 is 1.70 bits per heavy atom. The maximum atomic E-state index is 13.4. The Labute approximate surface area is 266 Å². The zero-order valence-electron chi connectivity index (χ0n) is 28.4. The summed E-state index contributed by atoms with van der Waals surface area (Å²) in [6.07, 6.45) is 2.32. The molecule has 0 bridgehead atoms. The van der Waals surface area contributed by atoms with Crippen molar-refractivity contribution in [3.63, 3.8) is 0 Å². The fourth-order valence-corrected chi connectivity index (χ4v) is 5.61. The van der Waals surface area contributed by atoms with E-state index in [1.807, 2.05) is 32.0 Å². The molecule has 2 rings (SSSR count). The number of hydrogen-bond acceptors (Lipinski definition) is 8. The van der Waals surface area contributed by atoms with Gasteiger partial charge in [0.25, 0.3) is 0 Å². The second-order valence-corrected chi connectivity index (χ2v) is 12.3. The lowest BCUT2D eigenvalue weighted by Gasteiger charge is -2.39. The largest absolute Gasteiger partial charge is 0.379 e. The van der Waals surface area contributed by atoms with Gasteiger partial charge in [0.05, 0.1) is 49.5 Å². The molecule has 1 fully saturated rings. The first-order chi connectivity index (χ1) is 20.8. The van der Waals surface area contributed by atoms with Crippen molar-refractivity contribution in [1.29, 1.82) is 0 Å². The van der Waals surface area contributed by atoms with E-state index in [0.717, 1.165) is 12.8 Å². The molecule has 1 aliphatic heterocycles. The summed E-state index contributed by atoms with van der Waals surface area (Å²) in [6.45, 7) is 12.5. The van der Waals surface area contributed by atoms with Gasteiger partial charge in [0.2, 0.25) is 17.7 Å². The predicted octanol–water partition coefficient (Wildman–Crippen LogP) is 3.65. The Kier molecular flexibility index (Phi) is 22.1. The van der Waals surface area contributed by atoms with E-state index in [9.17, 15) is 14.4 Å². The molecule has 6 atom stereocenters. The Balaban J connectivity index is 0.00000156. The van der Waals surface area contributed by atoms with Crippen LogP contribution in [0.5, 0.6) is 0 Å². The Morgan fingerprint density at radius 1 is 1.11 bits per heavy atom. The summed E-state index contributed by atoms with van der Waals surface area (Å²) in [5, 5.41) is 2.51. The molecule has 1 aromatic carbocycles. The van der Waals surface area contributed by atoms with Gasteiger partial charge in [-0.25, -0.2) is 0 Å². The van der Waals surface area contributed by atoms with Crippen LogP contribution in [0, 0.1) is 18.8 Å². The van der Waals surface area contributed by atoms with Crippen LogP contribution in [0.25, 0.3) is 0 Å². The van der Waals surface area contributed by atoms with Crippen LogP contribution in [-0.2, 0) is 23.9 Å². The molecular weight excluding hydrogens is 583 g/mol. The van der Waals surface area contributed by atoms with Crippen molar-refractivity contribution in [3.8, 4) is 0 Å². The van der Waals surface area contributed by atoms with Crippen molar-refractivity contribution in [3.05, 3.63) is 35.9 Å². The first-order valence-electron chi connectivity index (χ1n) is 15.6. The fourth-order valence-electron chi connectivity index (χ4n) is 5.31. The molecule has 6 unspecified atom stereocenters. The molecule has 1 heterocycles. The summed E-state index contributed by atoms with van der Waals surface area (Å²) in [6, 6.07) is 9.65. The highest BCUT2D eigenvalue weighted by atomic mass is 31.2. The molecule has 5 N–H and O–H groups in total. The maximum Gasteiger partial charge on any atom is 0.236 e. The molecule has 0 spiro atoms. The maximum absolute atomic E-state index is 13.4. The number of likely N-dealkylation sites (N-methyl/N-ethyl adjacent to an activating group) is 1. The van der Waals surface area contributed by atoms with Gasteiger partial charge in [0.1, 0.15) is 0 Å². The van der Waals surface area contributed by atoms with E-state index in [-0.39, 0.29) is 55.0 Å². The number of amides is 3. The van der Waals surface area contributed by atoms with Crippen LogP contribution in [0.4, 0.5) is 0 Å². The predicted molar refractivity (Wildman–Crippen MR) is 177 cm³/mol. The zero-order valence-corrected chi connectivity index (χ0v) is 29.3. The number of carbonyl (C=O) groups is 3. The molecule has 12 heteroatoms. The fraction of sp³-hybridized carbons (Fsp3) is 0.719. The molecule has 0 radical (unpaired) electrons. The third-order valence-corrected chi connectivity index (χ3v) is 8.26. The summed E-state index contributed by atoms with van der Waals surface area (Å²) in [5.74, 6) is -1.22. The van der Waals surface area contributed by atoms with E-state index < -0.39 is 26.5 Å². The van der Waals surface area contributed by atoms with Gasteiger partial charge in [-0.05, 0) is 25.7 Å². The van der Waals surface area contributed by atoms with Crippen molar-refractivity contribution in [1.82, 2.24) is 15.1 Å². The van der Waals surface area contributed by atoms with Gasteiger partial charge in [-0.2, -0.15) is 0 Å². The second-order valence-electron chi connectivity index (χ2n) is 11.3. The Bertz CT molecular complexity index is 940.